The molecule has 5 heteroatoms. The zero-order chi connectivity index (χ0) is 9.73. The number of carbonyl (C=O) groups excluding carboxylic acids is 1. The van der Waals surface area contributed by atoms with Gasteiger partial charge in [-0.2, -0.15) is 0 Å². The van der Waals surface area contributed by atoms with Crippen LogP contribution in [0.25, 0.3) is 0 Å². The molecule has 1 atom stereocenters. The molecule has 0 spiro atoms. The third-order valence-electron chi connectivity index (χ3n) is 1.97. The van der Waals surface area contributed by atoms with Crippen molar-refractivity contribution in [2.24, 2.45) is 4.99 Å². The summed E-state index contributed by atoms with van der Waals surface area (Å²) in [5.74, 6) is 2.79. The fourth-order valence-corrected chi connectivity index (χ4v) is 3.07. The molecule has 1 fully saturated rings. The van der Waals surface area contributed by atoms with Crippen LogP contribution in [0.5, 0.6) is 0 Å². The van der Waals surface area contributed by atoms with Gasteiger partial charge in [0, 0.05) is 12.5 Å². The van der Waals surface area contributed by atoms with Gasteiger partial charge in [-0.05, 0) is 12.8 Å². The predicted octanol–water partition coefficient (Wildman–Crippen LogP) is 0.250. The van der Waals surface area contributed by atoms with Crippen LogP contribution in [0.4, 0.5) is 0 Å². The van der Waals surface area contributed by atoms with Crippen LogP contribution >= 0.6 is 0 Å². The van der Waals surface area contributed by atoms with Crippen LogP contribution < -0.4 is 0 Å². The van der Waals surface area contributed by atoms with E-state index in [1.165, 1.54) is 6.08 Å². The second-order valence-electron chi connectivity index (χ2n) is 2.83. The van der Waals surface area contributed by atoms with Gasteiger partial charge in [0.15, 0.2) is 9.84 Å². The lowest BCUT2D eigenvalue weighted by atomic mass is 10.2. The molecule has 1 saturated heterocycles. The van der Waals surface area contributed by atoms with Crippen molar-refractivity contribution in [3.63, 3.8) is 0 Å². The Kier molecular flexibility index (Phi) is 3.24. The molecule has 4 nitrogen and oxygen atoms in total. The van der Waals surface area contributed by atoms with E-state index in [9.17, 15) is 13.2 Å². The Labute approximate surface area is 77.0 Å². The third kappa shape index (κ3) is 2.69. The molecule has 0 N–H and O–H groups in total. The minimum Gasteiger partial charge on any atom is -0.229 e. The van der Waals surface area contributed by atoms with Crippen molar-refractivity contribution in [3.8, 4) is 12.0 Å². The molecule has 0 radical (unpaired) electrons. The SMILES string of the molecule is O=C=NC#CCC1CCCS1(=O)=O. The van der Waals surface area contributed by atoms with Crippen molar-refractivity contribution < 1.29 is 13.2 Å². The largest absolute Gasteiger partial charge is 0.249 e. The molecule has 1 unspecified atom stereocenters. The number of rotatable bonds is 1. The zero-order valence-corrected chi connectivity index (χ0v) is 7.80. The van der Waals surface area contributed by atoms with E-state index in [4.69, 9.17) is 0 Å². The highest BCUT2D eigenvalue weighted by atomic mass is 32.2. The van der Waals surface area contributed by atoms with Crippen LogP contribution in [-0.2, 0) is 14.6 Å². The number of aliphatic imine (C=N–C) groups is 1. The molecule has 0 aliphatic carbocycles. The van der Waals surface area contributed by atoms with Crippen LogP contribution in [0.1, 0.15) is 19.3 Å². The van der Waals surface area contributed by atoms with Crippen molar-refractivity contribution >= 4 is 15.9 Å². The molecule has 70 valence electrons. The summed E-state index contributed by atoms with van der Waals surface area (Å²) in [4.78, 5) is 12.6. The second-order valence-corrected chi connectivity index (χ2v) is 5.23. The Bertz CT molecular complexity index is 381. The summed E-state index contributed by atoms with van der Waals surface area (Å²) < 4.78 is 22.5. The number of sulfone groups is 1. The van der Waals surface area contributed by atoms with E-state index in [-0.39, 0.29) is 17.4 Å². The van der Waals surface area contributed by atoms with Gasteiger partial charge in [0.1, 0.15) is 0 Å². The summed E-state index contributed by atoms with van der Waals surface area (Å²) in [5.41, 5.74) is 0. The van der Waals surface area contributed by atoms with E-state index in [1.807, 2.05) is 0 Å². The Morgan fingerprint density at radius 3 is 2.77 bits per heavy atom. The second kappa shape index (κ2) is 4.22. The molecule has 13 heavy (non-hydrogen) atoms. The first-order chi connectivity index (χ1) is 6.17. The summed E-state index contributed by atoms with van der Waals surface area (Å²) in [6, 6.07) is 2.19. The highest BCUT2D eigenvalue weighted by Crippen LogP contribution is 2.21. The Hall–Kier alpha value is -1.11. The molecule has 0 saturated carbocycles. The average Bonchev–Trinajstić information content (AvgIpc) is 2.40. The predicted molar refractivity (Wildman–Crippen MR) is 47.3 cm³/mol. The fraction of sp³-hybridized carbons (Fsp3) is 0.625. The number of nitrogens with zero attached hydrogens (tertiary/aromatic N) is 1. The van der Waals surface area contributed by atoms with Gasteiger partial charge in [0.05, 0.1) is 11.0 Å². The molecule has 1 aliphatic rings. The molecule has 0 amide bonds. The highest BCUT2D eigenvalue weighted by molar-refractivity contribution is 7.92. The topological polar surface area (TPSA) is 63.6 Å². The third-order valence-corrected chi connectivity index (χ3v) is 4.25. The molecule has 0 bridgehead atoms. The Balaban J connectivity index is 2.57. The molecule has 0 aromatic rings. The van der Waals surface area contributed by atoms with Crippen LogP contribution in [0.2, 0.25) is 0 Å². The van der Waals surface area contributed by atoms with Crippen LogP contribution in [0, 0.1) is 12.0 Å². The molecule has 0 aromatic carbocycles. The fourth-order valence-electron chi connectivity index (χ4n) is 1.31. The molecular formula is C8H9NO3S. The van der Waals surface area contributed by atoms with Gasteiger partial charge in [0.25, 0.3) is 0 Å². The summed E-state index contributed by atoms with van der Waals surface area (Å²) >= 11 is 0. The first-order valence-electron chi connectivity index (χ1n) is 3.93. The maximum atomic E-state index is 11.2. The minimum absolute atomic E-state index is 0.260. The maximum absolute atomic E-state index is 11.2. The van der Waals surface area contributed by atoms with Crippen LogP contribution in [0.15, 0.2) is 4.99 Å². The van der Waals surface area contributed by atoms with Gasteiger partial charge in [0.2, 0.25) is 6.08 Å². The molecule has 1 heterocycles. The molecule has 1 rings (SSSR count). The average molecular weight is 199 g/mol. The van der Waals surface area contributed by atoms with Crippen molar-refractivity contribution in [3.05, 3.63) is 0 Å². The Morgan fingerprint density at radius 2 is 2.23 bits per heavy atom. The number of hydrogen-bond donors (Lipinski definition) is 0. The van der Waals surface area contributed by atoms with E-state index >= 15 is 0 Å². The summed E-state index contributed by atoms with van der Waals surface area (Å²) in [7, 11) is -2.92. The van der Waals surface area contributed by atoms with Gasteiger partial charge >= 0.3 is 0 Å². The van der Waals surface area contributed by atoms with Crippen LogP contribution in [-0.4, -0.2) is 25.5 Å². The summed E-state index contributed by atoms with van der Waals surface area (Å²) in [5, 5.41) is -0.359. The van der Waals surface area contributed by atoms with Gasteiger partial charge < -0.3 is 0 Å². The lowest BCUT2D eigenvalue weighted by Crippen LogP contribution is -2.14. The molecule has 1 aliphatic heterocycles. The van der Waals surface area contributed by atoms with E-state index in [0.29, 0.717) is 12.8 Å². The van der Waals surface area contributed by atoms with E-state index in [2.05, 4.69) is 17.0 Å². The molecular weight excluding hydrogens is 190 g/mol. The van der Waals surface area contributed by atoms with Crippen molar-refractivity contribution in [2.45, 2.75) is 24.5 Å². The van der Waals surface area contributed by atoms with Crippen molar-refractivity contribution in [1.29, 1.82) is 0 Å². The molecule has 0 aromatic heterocycles. The van der Waals surface area contributed by atoms with Gasteiger partial charge in [-0.25, -0.2) is 13.2 Å². The Morgan fingerprint density at radius 1 is 1.46 bits per heavy atom. The first-order valence-corrected chi connectivity index (χ1v) is 5.64. The minimum atomic E-state index is -2.92. The first kappa shape index (κ1) is 9.97. The van der Waals surface area contributed by atoms with E-state index in [0.717, 1.165) is 0 Å². The quantitative estimate of drug-likeness (QED) is 0.345. The smallest absolute Gasteiger partial charge is 0.229 e. The van der Waals surface area contributed by atoms with E-state index < -0.39 is 9.84 Å². The number of isocyanates is 1. The monoisotopic (exact) mass is 199 g/mol. The van der Waals surface area contributed by atoms with Gasteiger partial charge in [-0.3, -0.25) is 0 Å². The van der Waals surface area contributed by atoms with Gasteiger partial charge in [-0.1, -0.05) is 5.92 Å². The lowest BCUT2D eigenvalue weighted by molar-refractivity contribution is 0.565. The van der Waals surface area contributed by atoms with Crippen molar-refractivity contribution in [1.82, 2.24) is 0 Å². The normalized spacial score (nSPS) is 24.2. The van der Waals surface area contributed by atoms with E-state index in [1.54, 1.807) is 0 Å². The van der Waals surface area contributed by atoms with Crippen LogP contribution in [0.3, 0.4) is 0 Å². The summed E-state index contributed by atoms with van der Waals surface area (Å²) in [6.45, 7) is 0. The van der Waals surface area contributed by atoms with Crippen molar-refractivity contribution in [2.75, 3.05) is 5.75 Å². The highest BCUT2D eigenvalue weighted by Gasteiger charge is 2.30. The number of hydrogen-bond acceptors (Lipinski definition) is 4. The lowest BCUT2D eigenvalue weighted by Gasteiger charge is -2.01. The zero-order valence-electron chi connectivity index (χ0n) is 6.99. The summed E-state index contributed by atoms with van der Waals surface area (Å²) in [6.07, 6.45) is 2.92. The maximum Gasteiger partial charge on any atom is 0.249 e. The standard InChI is InChI=1S/C8H9NO3S/c10-7-9-5-1-3-8-4-2-6-13(8,11)12/h8H,2-4,6H2. The van der Waals surface area contributed by atoms with Gasteiger partial charge in [-0.15, -0.1) is 4.99 Å².